The minimum absolute atomic E-state index is 0.378. The SMILES string of the molecule is C=CCN(CC)S(=O)(=O)N1CCNCC1. The zero-order valence-corrected chi connectivity index (χ0v) is 9.96. The summed E-state index contributed by atoms with van der Waals surface area (Å²) in [5, 5.41) is 3.13. The molecular formula is C9H19N3O2S. The molecule has 0 atom stereocenters. The predicted molar refractivity (Wildman–Crippen MR) is 60.8 cm³/mol. The van der Waals surface area contributed by atoms with E-state index in [-0.39, 0.29) is 0 Å². The van der Waals surface area contributed by atoms with Gasteiger partial charge >= 0.3 is 0 Å². The van der Waals surface area contributed by atoms with Gasteiger partial charge in [-0.2, -0.15) is 17.0 Å². The third-order valence-electron chi connectivity index (χ3n) is 2.41. The van der Waals surface area contributed by atoms with Gasteiger partial charge < -0.3 is 5.32 Å². The van der Waals surface area contributed by atoms with Crippen LogP contribution in [0.1, 0.15) is 6.92 Å². The molecule has 1 aliphatic heterocycles. The fraction of sp³-hybridized carbons (Fsp3) is 0.778. The molecule has 0 aliphatic carbocycles. The number of hydrogen-bond donors (Lipinski definition) is 1. The Morgan fingerprint density at radius 2 is 2.07 bits per heavy atom. The largest absolute Gasteiger partial charge is 0.314 e. The van der Waals surface area contributed by atoms with Crippen LogP contribution in [-0.4, -0.2) is 56.3 Å². The molecule has 1 N–H and O–H groups in total. The monoisotopic (exact) mass is 233 g/mol. The summed E-state index contributed by atoms with van der Waals surface area (Å²) in [5.74, 6) is 0. The lowest BCUT2D eigenvalue weighted by atomic mass is 10.4. The van der Waals surface area contributed by atoms with Crippen molar-refractivity contribution in [2.24, 2.45) is 0 Å². The second kappa shape index (κ2) is 5.60. The van der Waals surface area contributed by atoms with Crippen LogP contribution in [0.5, 0.6) is 0 Å². The zero-order valence-electron chi connectivity index (χ0n) is 9.15. The van der Waals surface area contributed by atoms with Gasteiger partial charge in [0.15, 0.2) is 0 Å². The first kappa shape index (κ1) is 12.6. The average molecular weight is 233 g/mol. The Morgan fingerprint density at radius 1 is 1.47 bits per heavy atom. The number of hydrogen-bond acceptors (Lipinski definition) is 3. The van der Waals surface area contributed by atoms with Crippen molar-refractivity contribution >= 4 is 10.2 Å². The third-order valence-corrected chi connectivity index (χ3v) is 4.49. The highest BCUT2D eigenvalue weighted by atomic mass is 32.2. The lowest BCUT2D eigenvalue weighted by Gasteiger charge is -2.31. The summed E-state index contributed by atoms with van der Waals surface area (Å²) in [6.45, 7) is 8.83. The fourth-order valence-electron chi connectivity index (χ4n) is 1.57. The quantitative estimate of drug-likeness (QED) is 0.660. The Balaban J connectivity index is 2.73. The van der Waals surface area contributed by atoms with Gasteiger partial charge in [0.1, 0.15) is 0 Å². The smallest absolute Gasteiger partial charge is 0.282 e. The molecular weight excluding hydrogens is 214 g/mol. The molecule has 88 valence electrons. The van der Waals surface area contributed by atoms with Crippen LogP contribution in [0.4, 0.5) is 0 Å². The van der Waals surface area contributed by atoms with E-state index in [4.69, 9.17) is 0 Å². The van der Waals surface area contributed by atoms with E-state index in [2.05, 4.69) is 11.9 Å². The van der Waals surface area contributed by atoms with Gasteiger partial charge in [0.2, 0.25) is 0 Å². The number of piperazine rings is 1. The highest BCUT2D eigenvalue weighted by molar-refractivity contribution is 7.86. The van der Waals surface area contributed by atoms with Crippen LogP contribution in [0.2, 0.25) is 0 Å². The minimum atomic E-state index is -3.28. The Kier molecular flexibility index (Phi) is 4.72. The molecule has 0 radical (unpaired) electrons. The van der Waals surface area contributed by atoms with Crippen LogP contribution in [0.3, 0.4) is 0 Å². The fourth-order valence-corrected chi connectivity index (χ4v) is 3.16. The summed E-state index contributed by atoms with van der Waals surface area (Å²) in [5.41, 5.74) is 0. The molecule has 0 bridgehead atoms. The highest BCUT2D eigenvalue weighted by Gasteiger charge is 2.28. The van der Waals surface area contributed by atoms with E-state index in [0.29, 0.717) is 26.2 Å². The molecule has 15 heavy (non-hydrogen) atoms. The van der Waals surface area contributed by atoms with Gasteiger partial charge in [-0.1, -0.05) is 13.0 Å². The number of likely N-dealkylation sites (N-methyl/N-ethyl adjacent to an activating group) is 1. The van der Waals surface area contributed by atoms with Crippen molar-refractivity contribution in [2.75, 3.05) is 39.3 Å². The van der Waals surface area contributed by atoms with E-state index in [0.717, 1.165) is 13.1 Å². The molecule has 0 aromatic carbocycles. The second-order valence-corrected chi connectivity index (χ2v) is 5.32. The molecule has 0 saturated carbocycles. The van der Waals surface area contributed by atoms with Crippen LogP contribution in [0, 0.1) is 0 Å². The summed E-state index contributed by atoms with van der Waals surface area (Å²) in [6.07, 6.45) is 1.61. The Bertz CT molecular complexity index is 296. The summed E-state index contributed by atoms with van der Waals surface area (Å²) >= 11 is 0. The predicted octanol–water partition coefficient (Wildman–Crippen LogP) is -0.356. The summed E-state index contributed by atoms with van der Waals surface area (Å²) < 4.78 is 27.1. The lowest BCUT2D eigenvalue weighted by molar-refractivity contribution is 0.323. The Labute approximate surface area is 91.9 Å². The zero-order chi connectivity index (χ0) is 11.3. The molecule has 0 aromatic heterocycles. The van der Waals surface area contributed by atoms with Gasteiger partial charge in [-0.15, -0.1) is 6.58 Å². The first-order chi connectivity index (χ1) is 7.12. The number of rotatable bonds is 5. The van der Waals surface area contributed by atoms with E-state index in [1.54, 1.807) is 6.08 Å². The maximum atomic E-state index is 12.1. The minimum Gasteiger partial charge on any atom is -0.314 e. The van der Waals surface area contributed by atoms with Crippen LogP contribution < -0.4 is 5.32 Å². The molecule has 0 aromatic rings. The highest BCUT2D eigenvalue weighted by Crippen LogP contribution is 2.08. The molecule has 5 nitrogen and oxygen atoms in total. The summed E-state index contributed by atoms with van der Waals surface area (Å²) in [6, 6.07) is 0. The molecule has 1 aliphatic rings. The van der Waals surface area contributed by atoms with Crippen molar-refractivity contribution in [2.45, 2.75) is 6.92 Å². The van der Waals surface area contributed by atoms with E-state index in [9.17, 15) is 8.42 Å². The maximum Gasteiger partial charge on any atom is 0.282 e. The van der Waals surface area contributed by atoms with Gasteiger partial charge in [0.05, 0.1) is 0 Å². The van der Waals surface area contributed by atoms with Crippen molar-refractivity contribution in [3.63, 3.8) is 0 Å². The number of nitrogens with one attached hydrogen (secondary N) is 1. The maximum absolute atomic E-state index is 12.1. The van der Waals surface area contributed by atoms with Gasteiger partial charge in [0, 0.05) is 39.3 Å². The van der Waals surface area contributed by atoms with Crippen LogP contribution >= 0.6 is 0 Å². The van der Waals surface area contributed by atoms with Crippen molar-refractivity contribution < 1.29 is 8.42 Å². The van der Waals surface area contributed by atoms with Crippen molar-refractivity contribution in [1.82, 2.24) is 13.9 Å². The van der Waals surface area contributed by atoms with Crippen molar-refractivity contribution in [3.8, 4) is 0 Å². The topological polar surface area (TPSA) is 52.7 Å². The summed E-state index contributed by atoms with van der Waals surface area (Å²) in [4.78, 5) is 0. The molecule has 1 saturated heterocycles. The standard InChI is InChI=1S/C9H19N3O2S/c1-3-7-11(4-2)15(13,14)12-8-5-10-6-9-12/h3,10H,1,4-9H2,2H3. The molecule has 0 amide bonds. The van der Waals surface area contributed by atoms with Gasteiger partial charge in [-0.05, 0) is 0 Å². The lowest BCUT2D eigenvalue weighted by Crippen LogP contribution is -2.51. The average Bonchev–Trinajstić information content (AvgIpc) is 2.27. The second-order valence-electron chi connectivity index (χ2n) is 3.40. The van der Waals surface area contributed by atoms with Crippen LogP contribution in [0.25, 0.3) is 0 Å². The first-order valence-electron chi connectivity index (χ1n) is 5.19. The van der Waals surface area contributed by atoms with E-state index < -0.39 is 10.2 Å². The van der Waals surface area contributed by atoms with Crippen molar-refractivity contribution in [1.29, 1.82) is 0 Å². The molecule has 1 heterocycles. The van der Waals surface area contributed by atoms with Crippen LogP contribution in [-0.2, 0) is 10.2 Å². The van der Waals surface area contributed by atoms with E-state index in [1.165, 1.54) is 8.61 Å². The number of nitrogens with zero attached hydrogens (tertiary/aromatic N) is 2. The molecule has 1 rings (SSSR count). The molecule has 1 fully saturated rings. The Morgan fingerprint density at radius 3 is 2.53 bits per heavy atom. The molecule has 6 heteroatoms. The summed E-state index contributed by atoms with van der Waals surface area (Å²) in [7, 11) is -3.28. The molecule has 0 unspecified atom stereocenters. The van der Waals surface area contributed by atoms with E-state index >= 15 is 0 Å². The van der Waals surface area contributed by atoms with Gasteiger partial charge in [0.25, 0.3) is 10.2 Å². The van der Waals surface area contributed by atoms with E-state index in [1.807, 2.05) is 6.92 Å². The first-order valence-corrected chi connectivity index (χ1v) is 6.59. The van der Waals surface area contributed by atoms with Gasteiger partial charge in [-0.3, -0.25) is 0 Å². The molecule has 0 spiro atoms. The normalized spacial score (nSPS) is 19.3. The van der Waals surface area contributed by atoms with Gasteiger partial charge in [-0.25, -0.2) is 0 Å². The third kappa shape index (κ3) is 3.01. The Hall–Kier alpha value is -0.430. The van der Waals surface area contributed by atoms with Crippen molar-refractivity contribution in [3.05, 3.63) is 12.7 Å². The van der Waals surface area contributed by atoms with Crippen LogP contribution in [0.15, 0.2) is 12.7 Å².